The van der Waals surface area contributed by atoms with Crippen LogP contribution in [0.15, 0.2) is 16.1 Å². The van der Waals surface area contributed by atoms with Crippen molar-refractivity contribution >= 4 is 46.4 Å². The number of carbonyl (C=O) groups is 2. The van der Waals surface area contributed by atoms with Crippen molar-refractivity contribution in [3.63, 3.8) is 0 Å². The van der Waals surface area contributed by atoms with Gasteiger partial charge in [0.05, 0.1) is 5.56 Å². The first-order chi connectivity index (χ1) is 7.43. The molecule has 16 heavy (non-hydrogen) atoms. The predicted molar refractivity (Wildman–Crippen MR) is 61.4 cm³/mol. The fourth-order valence-corrected chi connectivity index (χ4v) is 2.10. The van der Waals surface area contributed by atoms with E-state index >= 15 is 0 Å². The molecule has 0 saturated carbocycles. The molecule has 0 fully saturated rings. The van der Waals surface area contributed by atoms with Gasteiger partial charge in [0.1, 0.15) is 20.9 Å². The maximum Gasteiger partial charge on any atom is 0.225 e. The number of hydrogen-bond acceptors (Lipinski definition) is 3. The number of aryl methyl sites for hydroxylation is 1. The zero-order valence-corrected chi connectivity index (χ0v) is 10.2. The molecule has 0 aromatic carbocycles. The Bertz CT molecular complexity index is 563. The predicted octanol–water partition coefficient (Wildman–Crippen LogP) is 3.11. The highest BCUT2D eigenvalue weighted by Gasteiger charge is 2.33. The summed E-state index contributed by atoms with van der Waals surface area (Å²) in [7, 11) is 0. The molecule has 0 unspecified atom stereocenters. The molecule has 0 radical (unpaired) electrons. The van der Waals surface area contributed by atoms with Crippen LogP contribution >= 0.6 is 34.8 Å². The minimum absolute atomic E-state index is 0.0376. The summed E-state index contributed by atoms with van der Waals surface area (Å²) in [5.74, 6) is -1.07. The third-order valence-corrected chi connectivity index (χ3v) is 3.23. The van der Waals surface area contributed by atoms with Crippen molar-refractivity contribution in [1.82, 2.24) is 4.98 Å². The summed E-state index contributed by atoms with van der Waals surface area (Å²) in [6, 6.07) is 1.50. The number of halogens is 3. The van der Waals surface area contributed by atoms with Crippen LogP contribution in [-0.4, -0.2) is 16.6 Å². The Hall–Kier alpha value is -0.900. The number of nitrogens with zero attached hydrogens (tertiary/aromatic N) is 1. The molecule has 0 amide bonds. The lowest BCUT2D eigenvalue weighted by atomic mass is 9.95. The van der Waals surface area contributed by atoms with Gasteiger partial charge < -0.3 is 0 Å². The second-order valence-electron chi connectivity index (χ2n) is 3.27. The first-order valence-electron chi connectivity index (χ1n) is 4.25. The quantitative estimate of drug-likeness (QED) is 0.684. The smallest absolute Gasteiger partial charge is 0.225 e. The van der Waals surface area contributed by atoms with Gasteiger partial charge in [-0.3, -0.25) is 9.59 Å². The van der Waals surface area contributed by atoms with Crippen molar-refractivity contribution in [2.75, 3.05) is 0 Å². The number of rotatable bonds is 0. The Morgan fingerprint density at radius 3 is 2.25 bits per heavy atom. The number of carbonyl (C=O) groups excluding carboxylic acids is 2. The Balaban J connectivity index is 2.81. The van der Waals surface area contributed by atoms with E-state index in [9.17, 15) is 9.59 Å². The van der Waals surface area contributed by atoms with Crippen LogP contribution in [0.1, 0.15) is 26.4 Å². The molecule has 0 atom stereocenters. The number of allylic oxidation sites excluding steroid dienone is 2. The van der Waals surface area contributed by atoms with Gasteiger partial charge in [0.15, 0.2) is 0 Å². The van der Waals surface area contributed by atoms with Crippen molar-refractivity contribution in [3.05, 3.63) is 38.1 Å². The topological polar surface area (TPSA) is 47.0 Å². The molecule has 0 bridgehead atoms. The van der Waals surface area contributed by atoms with Gasteiger partial charge >= 0.3 is 0 Å². The fraction of sp³-hybridized carbons (Fsp3) is 0.100. The van der Waals surface area contributed by atoms with E-state index in [4.69, 9.17) is 34.8 Å². The number of fused-ring (bicyclic) bond motifs is 1. The number of aromatic nitrogens is 1. The minimum Gasteiger partial charge on any atom is -0.287 e. The second kappa shape index (κ2) is 3.84. The van der Waals surface area contributed by atoms with Gasteiger partial charge in [-0.2, -0.15) is 0 Å². The molecule has 2 rings (SSSR count). The van der Waals surface area contributed by atoms with E-state index in [1.54, 1.807) is 6.92 Å². The summed E-state index contributed by atoms with van der Waals surface area (Å²) in [5, 5.41) is -0.445. The van der Waals surface area contributed by atoms with E-state index in [1.165, 1.54) is 6.07 Å². The van der Waals surface area contributed by atoms with Gasteiger partial charge in [0.25, 0.3) is 0 Å². The third kappa shape index (κ3) is 1.56. The zero-order chi connectivity index (χ0) is 12.0. The summed E-state index contributed by atoms with van der Waals surface area (Å²) in [4.78, 5) is 27.3. The largest absolute Gasteiger partial charge is 0.287 e. The average molecular weight is 277 g/mol. The molecule has 6 heteroatoms. The molecular formula is C10H4Cl3NO2. The first-order valence-corrected chi connectivity index (χ1v) is 5.38. The van der Waals surface area contributed by atoms with Gasteiger partial charge in [0.2, 0.25) is 11.6 Å². The molecule has 0 saturated heterocycles. The van der Waals surface area contributed by atoms with E-state index < -0.39 is 11.6 Å². The molecule has 1 aromatic rings. The maximum atomic E-state index is 11.8. The molecular weight excluding hydrogens is 272 g/mol. The van der Waals surface area contributed by atoms with E-state index in [0.717, 1.165) is 0 Å². The monoisotopic (exact) mass is 275 g/mol. The highest BCUT2D eigenvalue weighted by Crippen LogP contribution is 2.32. The molecule has 1 heterocycles. The van der Waals surface area contributed by atoms with Crippen LogP contribution in [0.3, 0.4) is 0 Å². The lowest BCUT2D eigenvalue weighted by Gasteiger charge is -2.15. The maximum absolute atomic E-state index is 11.8. The van der Waals surface area contributed by atoms with Crippen LogP contribution in [0.4, 0.5) is 0 Å². The molecule has 1 aliphatic carbocycles. The SMILES string of the molecule is Cc1cc(Cl)nc2c1C(=O)C(Cl)=C(Cl)C2=O. The van der Waals surface area contributed by atoms with Crippen molar-refractivity contribution in [2.24, 2.45) is 0 Å². The minimum atomic E-state index is -0.577. The standard InChI is InChI=1S/C10H4Cl3NO2/c1-3-2-4(11)14-8-5(3)9(15)6(12)7(13)10(8)16/h2H,1H3. The zero-order valence-electron chi connectivity index (χ0n) is 7.97. The number of Topliss-reactive ketones (excluding diaryl/α,β-unsaturated/α-hetero) is 2. The molecule has 3 nitrogen and oxygen atoms in total. The van der Waals surface area contributed by atoms with Crippen molar-refractivity contribution < 1.29 is 9.59 Å². The summed E-state index contributed by atoms with van der Waals surface area (Å²) in [6.07, 6.45) is 0. The molecule has 82 valence electrons. The summed E-state index contributed by atoms with van der Waals surface area (Å²) >= 11 is 17.0. The van der Waals surface area contributed by atoms with Gasteiger partial charge in [-0.25, -0.2) is 4.98 Å². The highest BCUT2D eigenvalue weighted by molar-refractivity contribution is 6.59. The number of pyridine rings is 1. The van der Waals surface area contributed by atoms with Gasteiger partial charge in [-0.15, -0.1) is 0 Å². The van der Waals surface area contributed by atoms with Crippen LogP contribution in [0.25, 0.3) is 0 Å². The Morgan fingerprint density at radius 1 is 1.06 bits per heavy atom. The van der Waals surface area contributed by atoms with E-state index in [-0.39, 0.29) is 26.5 Å². The van der Waals surface area contributed by atoms with Crippen LogP contribution in [0.2, 0.25) is 5.15 Å². The lowest BCUT2D eigenvalue weighted by molar-refractivity contribution is 0.0982. The number of hydrogen-bond donors (Lipinski definition) is 0. The van der Waals surface area contributed by atoms with Crippen molar-refractivity contribution in [2.45, 2.75) is 6.92 Å². The Labute approximate surface area is 106 Å². The summed E-state index contributed by atoms with van der Waals surface area (Å²) < 4.78 is 0. The fourth-order valence-electron chi connectivity index (χ4n) is 1.50. The van der Waals surface area contributed by atoms with Gasteiger partial charge in [0, 0.05) is 0 Å². The van der Waals surface area contributed by atoms with E-state index in [0.29, 0.717) is 5.56 Å². The van der Waals surface area contributed by atoms with Crippen LogP contribution in [0, 0.1) is 6.92 Å². The van der Waals surface area contributed by atoms with Gasteiger partial charge in [-0.05, 0) is 18.6 Å². The number of ketones is 2. The van der Waals surface area contributed by atoms with E-state index in [1.807, 2.05) is 0 Å². The summed E-state index contributed by atoms with van der Waals surface area (Å²) in [5.41, 5.74) is 0.684. The van der Waals surface area contributed by atoms with Crippen LogP contribution in [0.5, 0.6) is 0 Å². The molecule has 1 aromatic heterocycles. The lowest BCUT2D eigenvalue weighted by Crippen LogP contribution is -2.20. The van der Waals surface area contributed by atoms with Gasteiger partial charge in [-0.1, -0.05) is 34.8 Å². The average Bonchev–Trinajstić information content (AvgIpc) is 2.22. The van der Waals surface area contributed by atoms with Crippen LogP contribution < -0.4 is 0 Å². The molecule has 1 aliphatic rings. The Morgan fingerprint density at radius 2 is 1.62 bits per heavy atom. The van der Waals surface area contributed by atoms with E-state index in [2.05, 4.69) is 4.98 Å². The Kier molecular flexibility index (Phi) is 2.78. The van der Waals surface area contributed by atoms with Crippen molar-refractivity contribution in [3.8, 4) is 0 Å². The van der Waals surface area contributed by atoms with Crippen molar-refractivity contribution in [1.29, 1.82) is 0 Å². The molecule has 0 aliphatic heterocycles. The van der Waals surface area contributed by atoms with Crippen LogP contribution in [-0.2, 0) is 0 Å². The summed E-state index contributed by atoms with van der Waals surface area (Å²) in [6.45, 7) is 1.65. The highest BCUT2D eigenvalue weighted by atomic mass is 35.5. The normalized spacial score (nSPS) is 15.5. The second-order valence-corrected chi connectivity index (χ2v) is 4.41. The molecule has 0 spiro atoms. The third-order valence-electron chi connectivity index (χ3n) is 2.22. The molecule has 0 N–H and O–H groups in total. The first kappa shape index (κ1) is 11.6.